The molecule has 5 N–H and O–H groups in total. The lowest BCUT2D eigenvalue weighted by atomic mass is 9.79. The molecule has 3 aliphatic rings. The van der Waals surface area contributed by atoms with Crippen LogP contribution >= 0.6 is 0 Å². The van der Waals surface area contributed by atoms with Gasteiger partial charge in [0.25, 0.3) is 0 Å². The van der Waals surface area contributed by atoms with E-state index in [4.69, 9.17) is 10.1 Å². The Balaban J connectivity index is 1.47. The van der Waals surface area contributed by atoms with Gasteiger partial charge in [0.1, 0.15) is 5.76 Å². The summed E-state index contributed by atoms with van der Waals surface area (Å²) < 4.78 is 31.5. The summed E-state index contributed by atoms with van der Waals surface area (Å²) in [4.78, 5) is 12.7. The Kier molecular flexibility index (Phi) is 6.70. The van der Waals surface area contributed by atoms with Crippen LogP contribution in [0.15, 0.2) is 53.6 Å². The number of amides is 1. The van der Waals surface area contributed by atoms with Crippen LogP contribution in [0.25, 0.3) is 0 Å². The number of allylic oxidation sites excluding steroid dienone is 3. The first-order chi connectivity index (χ1) is 16.2. The zero-order valence-electron chi connectivity index (χ0n) is 18.9. The molecular formula is C24H29F2N4O4+. The summed E-state index contributed by atoms with van der Waals surface area (Å²) in [5.41, 5.74) is -0.724. The van der Waals surface area contributed by atoms with Gasteiger partial charge in [0.15, 0.2) is 0 Å². The van der Waals surface area contributed by atoms with Crippen LogP contribution in [0.3, 0.4) is 0 Å². The molecule has 0 unspecified atom stereocenters. The van der Waals surface area contributed by atoms with E-state index in [1.165, 1.54) is 25.3 Å². The Morgan fingerprint density at radius 3 is 2.59 bits per heavy atom. The first-order valence-electron chi connectivity index (χ1n) is 11.3. The number of alkyl halides is 2. The molecule has 2 fully saturated rings. The second-order valence-corrected chi connectivity index (χ2v) is 9.01. The number of aromatic nitrogens is 1. The van der Waals surface area contributed by atoms with E-state index in [0.29, 0.717) is 11.5 Å². The van der Waals surface area contributed by atoms with Gasteiger partial charge in [-0.15, -0.1) is 0 Å². The summed E-state index contributed by atoms with van der Waals surface area (Å²) in [6, 6.07) is 3.66. The standard InChI is InChI=1S/C24H28F2N4O4/c1-34-21-12-17(27)14(13-28-16-7-9-24(32,10-8-16)15-5-6-15)11-18(21)29-23(31)20-4-2-3-19(22(25)26)30(20)33/h2-4,11-13,15-16,22,27,31-33H,5-10H2,1H3/p+1/t16-,24-. The fourth-order valence-corrected chi connectivity index (χ4v) is 4.54. The zero-order valence-corrected chi connectivity index (χ0v) is 18.9. The highest BCUT2D eigenvalue weighted by atomic mass is 19.3. The van der Waals surface area contributed by atoms with Crippen LogP contribution in [0.5, 0.6) is 0 Å². The Morgan fingerprint density at radius 1 is 1.26 bits per heavy atom. The van der Waals surface area contributed by atoms with Crippen LogP contribution in [0.4, 0.5) is 8.78 Å². The van der Waals surface area contributed by atoms with Gasteiger partial charge in [0.05, 0.1) is 24.1 Å². The van der Waals surface area contributed by atoms with E-state index in [0.717, 1.165) is 44.6 Å². The van der Waals surface area contributed by atoms with Crippen molar-refractivity contribution < 1.29 is 33.4 Å². The molecule has 1 amide bonds. The van der Waals surface area contributed by atoms with Crippen LogP contribution < -0.4 is 15.4 Å². The number of hydrogen-bond donors (Lipinski definition) is 5. The second kappa shape index (κ2) is 9.54. The molecule has 0 aromatic carbocycles. The predicted molar refractivity (Wildman–Crippen MR) is 118 cm³/mol. The highest BCUT2D eigenvalue weighted by molar-refractivity contribution is 6.10. The molecule has 1 aromatic heterocycles. The van der Waals surface area contributed by atoms with Gasteiger partial charge in [-0.05, 0) is 56.6 Å². The highest BCUT2D eigenvalue weighted by Crippen LogP contribution is 2.47. The molecule has 8 nitrogen and oxygen atoms in total. The second-order valence-electron chi connectivity index (χ2n) is 9.01. The van der Waals surface area contributed by atoms with Crippen molar-refractivity contribution in [3.05, 3.63) is 65.0 Å². The summed E-state index contributed by atoms with van der Waals surface area (Å²) in [5.74, 6) is -0.159. The van der Waals surface area contributed by atoms with E-state index >= 15 is 0 Å². The molecule has 10 heteroatoms. The van der Waals surface area contributed by atoms with Gasteiger partial charge < -0.3 is 25.9 Å². The lowest BCUT2D eigenvalue weighted by molar-refractivity contribution is -0.913. The van der Waals surface area contributed by atoms with Crippen LogP contribution in [0.2, 0.25) is 0 Å². The van der Waals surface area contributed by atoms with Gasteiger partial charge in [0.2, 0.25) is 0 Å². The smallest absolute Gasteiger partial charge is 0.325 e. The van der Waals surface area contributed by atoms with Gasteiger partial charge in [0, 0.05) is 40.8 Å². The van der Waals surface area contributed by atoms with Crippen LogP contribution in [-0.4, -0.2) is 40.7 Å². The molecule has 2 saturated carbocycles. The molecule has 4 rings (SSSR count). The Labute approximate surface area is 196 Å². The molecule has 34 heavy (non-hydrogen) atoms. The van der Waals surface area contributed by atoms with E-state index in [1.807, 2.05) is 0 Å². The average Bonchev–Trinajstić information content (AvgIpc) is 3.66. The molecule has 0 saturated heterocycles. The number of nitrogens with zero attached hydrogens (tertiary/aromatic N) is 1. The normalized spacial score (nSPS) is 26.2. The largest absolute Gasteiger partial charge is 0.494 e. The van der Waals surface area contributed by atoms with E-state index in [9.17, 15) is 23.9 Å². The van der Waals surface area contributed by atoms with Crippen molar-refractivity contribution in [1.29, 1.82) is 5.41 Å². The Hall–Kier alpha value is -3.27. The number of aliphatic hydroxyl groups is 1. The molecular weight excluding hydrogens is 446 g/mol. The van der Waals surface area contributed by atoms with E-state index in [-0.39, 0.29) is 33.6 Å². The van der Waals surface area contributed by atoms with Crippen molar-refractivity contribution in [2.75, 3.05) is 7.11 Å². The quantitative estimate of drug-likeness (QED) is 0.307. The highest BCUT2D eigenvalue weighted by Gasteiger charge is 2.45. The van der Waals surface area contributed by atoms with Gasteiger partial charge in [-0.25, -0.2) is 0 Å². The van der Waals surface area contributed by atoms with Crippen LogP contribution in [0.1, 0.15) is 61.1 Å². The lowest BCUT2D eigenvalue weighted by Gasteiger charge is -2.36. The first kappa shape index (κ1) is 23.9. The molecule has 0 aliphatic heterocycles. The minimum absolute atomic E-state index is 0.159. The molecule has 3 aliphatic carbocycles. The fraction of sp³-hybridized carbons (Fsp3) is 0.458. The van der Waals surface area contributed by atoms with Crippen molar-refractivity contribution in [2.24, 2.45) is 5.92 Å². The predicted octanol–water partition coefficient (Wildman–Crippen LogP) is 2.88. The minimum atomic E-state index is -2.96. The summed E-state index contributed by atoms with van der Waals surface area (Å²) in [6.07, 6.45) is 7.10. The number of halogens is 2. The topological polar surface area (TPSA) is 119 Å². The SMILES string of the molecule is COC1=CC(=N)/C(=C\N[C@H]2CC[C@@](O)(C3CC3)CC2)C=C1NC(=O)c1cccc(C(F)F)[n+]1O. The summed E-state index contributed by atoms with van der Waals surface area (Å²) in [5, 5.41) is 34.9. The number of hydrogen-bond acceptors (Lipinski definition) is 6. The monoisotopic (exact) mass is 475 g/mol. The van der Waals surface area contributed by atoms with Gasteiger partial charge in [-0.3, -0.25) is 10.0 Å². The number of carbonyl (C=O) groups is 1. The molecule has 0 bridgehead atoms. The lowest BCUT2D eigenvalue weighted by Crippen LogP contribution is -2.45. The van der Waals surface area contributed by atoms with Crippen LogP contribution in [0, 0.1) is 11.3 Å². The fourth-order valence-electron chi connectivity index (χ4n) is 4.54. The third-order valence-electron chi connectivity index (χ3n) is 6.73. The Morgan fingerprint density at radius 2 is 1.97 bits per heavy atom. The number of carbonyl (C=O) groups excluding carboxylic acids is 1. The van der Waals surface area contributed by atoms with Crippen molar-refractivity contribution in [3.63, 3.8) is 0 Å². The minimum Gasteiger partial charge on any atom is -0.494 e. The molecule has 1 heterocycles. The van der Waals surface area contributed by atoms with E-state index < -0.39 is 23.6 Å². The summed E-state index contributed by atoms with van der Waals surface area (Å²) in [7, 11) is 1.39. The third-order valence-corrected chi connectivity index (χ3v) is 6.73. The van der Waals surface area contributed by atoms with Gasteiger partial charge in [-0.1, -0.05) is 0 Å². The molecule has 0 radical (unpaired) electrons. The maximum atomic E-state index is 13.1. The number of rotatable bonds is 7. The Bertz CT molecular complexity index is 1070. The molecule has 182 valence electrons. The van der Waals surface area contributed by atoms with Crippen molar-refractivity contribution in [3.8, 4) is 0 Å². The molecule has 0 atom stereocenters. The number of nitrogens with one attached hydrogen (secondary N) is 3. The maximum absolute atomic E-state index is 13.1. The molecule has 1 aromatic rings. The number of methoxy groups -OCH3 is 1. The summed E-state index contributed by atoms with van der Waals surface area (Å²) in [6.45, 7) is 0. The molecule has 0 spiro atoms. The average molecular weight is 476 g/mol. The van der Waals surface area contributed by atoms with E-state index in [1.54, 1.807) is 12.3 Å². The van der Waals surface area contributed by atoms with Gasteiger partial charge in [-0.2, -0.15) is 8.78 Å². The van der Waals surface area contributed by atoms with Crippen molar-refractivity contribution in [2.45, 2.75) is 56.6 Å². The third kappa shape index (κ3) is 4.96. The first-order valence-corrected chi connectivity index (χ1v) is 11.3. The van der Waals surface area contributed by atoms with Crippen molar-refractivity contribution in [1.82, 2.24) is 10.6 Å². The summed E-state index contributed by atoms with van der Waals surface area (Å²) >= 11 is 0. The van der Waals surface area contributed by atoms with Gasteiger partial charge >= 0.3 is 23.7 Å². The van der Waals surface area contributed by atoms with Crippen molar-refractivity contribution >= 4 is 11.6 Å². The maximum Gasteiger partial charge on any atom is 0.325 e. The zero-order chi connectivity index (χ0) is 24.5. The van der Waals surface area contributed by atoms with Crippen LogP contribution in [-0.2, 0) is 4.74 Å². The number of pyridine rings is 1. The number of ether oxygens (including phenoxy) is 1. The van der Waals surface area contributed by atoms with E-state index in [2.05, 4.69) is 10.6 Å².